The lowest BCUT2D eigenvalue weighted by atomic mass is 10.1. The summed E-state index contributed by atoms with van der Waals surface area (Å²) >= 11 is 0. The summed E-state index contributed by atoms with van der Waals surface area (Å²) in [5.74, 6) is 6.73. The lowest BCUT2D eigenvalue weighted by molar-refractivity contribution is 0.0995. The topological polar surface area (TPSA) is 194 Å². The van der Waals surface area contributed by atoms with E-state index in [0.717, 1.165) is 34.5 Å². The number of amides is 2. The van der Waals surface area contributed by atoms with Crippen LogP contribution >= 0.6 is 0 Å². The number of aromatic nitrogens is 6. The molecule has 0 radical (unpaired) electrons. The quantitative estimate of drug-likeness (QED) is 0.0619. The van der Waals surface area contributed by atoms with Crippen molar-refractivity contribution in [1.82, 2.24) is 34.3 Å². The monoisotopic (exact) mass is 671 g/mol. The predicted octanol–water partition coefficient (Wildman–Crippen LogP) is 3.89. The smallest absolute Gasteiger partial charge is 0.276 e. The van der Waals surface area contributed by atoms with Gasteiger partial charge >= 0.3 is 0 Å². The van der Waals surface area contributed by atoms with Crippen molar-refractivity contribution < 1.29 is 19.1 Å². The van der Waals surface area contributed by atoms with Crippen molar-refractivity contribution >= 4 is 45.8 Å². The van der Waals surface area contributed by atoms with Crippen LogP contribution in [0.1, 0.15) is 59.3 Å². The lowest BCUT2D eigenvalue weighted by Crippen LogP contribution is -2.35. The molecule has 2 unspecified atom stereocenters. The Kier molecular flexibility index (Phi) is 10.5. The van der Waals surface area contributed by atoms with E-state index in [0.29, 0.717) is 48.1 Å². The van der Waals surface area contributed by atoms with E-state index in [9.17, 15) is 9.59 Å². The van der Waals surface area contributed by atoms with Gasteiger partial charge < -0.3 is 29.7 Å². The molecule has 3 heterocycles. The van der Waals surface area contributed by atoms with Gasteiger partial charge in [0.15, 0.2) is 0 Å². The van der Waals surface area contributed by atoms with E-state index >= 15 is 0 Å². The van der Waals surface area contributed by atoms with Crippen molar-refractivity contribution in [2.24, 2.45) is 11.6 Å². The maximum absolute atomic E-state index is 13.5. The summed E-state index contributed by atoms with van der Waals surface area (Å²) < 4.78 is 17.6. The number of imidazole rings is 2. The highest BCUT2D eigenvalue weighted by molar-refractivity contribution is 6.04. The molecule has 5 aromatic rings. The number of aryl methyl sites for hydroxylation is 3. The van der Waals surface area contributed by atoms with Gasteiger partial charge in [0.25, 0.3) is 5.91 Å². The van der Waals surface area contributed by atoms with Crippen molar-refractivity contribution in [2.45, 2.75) is 72.8 Å². The number of carbonyl (C=O) groups excluding carboxylic acids is 2. The fourth-order valence-corrected chi connectivity index (χ4v) is 5.95. The van der Waals surface area contributed by atoms with Crippen LogP contribution in [0.4, 0.5) is 11.9 Å². The van der Waals surface area contributed by atoms with Crippen LogP contribution in [0.15, 0.2) is 42.5 Å². The average Bonchev–Trinajstić information content (AvgIpc) is 3.74. The van der Waals surface area contributed by atoms with Crippen LogP contribution in [0.25, 0.3) is 22.1 Å². The minimum absolute atomic E-state index is 0.0869. The maximum atomic E-state index is 13.5. The standard InChI is InChI=1S/C34H45N11O4/c1-8-45-26(16-21(4)42-45)32(47)40-34-39-25-17-23(31(35)46)18-27(48-7)29(25)44(34)12-10-9-11-43-30-24(38-33(43)37-6)13-19(2)14-28(30)49-22(5)15-20(3)41-36/h9-10,13-14,16-18,20,22,41H,8,11-12,15,36H2,1-7H3,(H2,35,46)(H,37,38)(H,39,40,47)/b10-9+. The molecule has 0 fully saturated rings. The minimum atomic E-state index is -0.617. The summed E-state index contributed by atoms with van der Waals surface area (Å²) in [7, 11) is 3.34. The van der Waals surface area contributed by atoms with Gasteiger partial charge in [-0.05, 0) is 70.5 Å². The van der Waals surface area contributed by atoms with E-state index in [2.05, 4.69) is 30.7 Å². The number of nitrogens with zero attached hydrogens (tertiary/aromatic N) is 6. The number of nitrogens with two attached hydrogens (primary N) is 2. The fourth-order valence-electron chi connectivity index (χ4n) is 5.95. The summed E-state index contributed by atoms with van der Waals surface area (Å²) in [6.07, 6.45) is 4.60. The third kappa shape index (κ3) is 7.37. The van der Waals surface area contributed by atoms with Crippen molar-refractivity contribution in [3.63, 3.8) is 0 Å². The Balaban J connectivity index is 1.50. The number of primary amides is 1. The van der Waals surface area contributed by atoms with Gasteiger partial charge in [0.05, 0.1) is 29.9 Å². The molecule has 2 amide bonds. The van der Waals surface area contributed by atoms with E-state index < -0.39 is 5.91 Å². The number of carbonyl (C=O) groups is 2. The molecule has 0 aliphatic carbocycles. The Hall–Kier alpha value is -5.41. The number of methoxy groups -OCH3 is 1. The first-order valence-electron chi connectivity index (χ1n) is 16.2. The molecule has 0 spiro atoms. The van der Waals surface area contributed by atoms with Gasteiger partial charge in [-0.2, -0.15) is 5.10 Å². The van der Waals surface area contributed by atoms with E-state index in [1.807, 2.05) is 70.5 Å². The Morgan fingerprint density at radius 1 is 0.959 bits per heavy atom. The third-order valence-electron chi connectivity index (χ3n) is 8.19. The maximum Gasteiger partial charge on any atom is 0.276 e. The summed E-state index contributed by atoms with van der Waals surface area (Å²) in [6, 6.07) is 9.02. The van der Waals surface area contributed by atoms with Crippen LogP contribution < -0.4 is 37.1 Å². The Morgan fingerprint density at radius 2 is 1.61 bits per heavy atom. The van der Waals surface area contributed by atoms with Gasteiger partial charge in [0, 0.05) is 44.7 Å². The van der Waals surface area contributed by atoms with Crippen LogP contribution in [0.3, 0.4) is 0 Å². The van der Waals surface area contributed by atoms with Crippen LogP contribution in [-0.2, 0) is 19.6 Å². The van der Waals surface area contributed by atoms with E-state index in [4.69, 9.17) is 26.0 Å². The highest BCUT2D eigenvalue weighted by Gasteiger charge is 2.22. The molecule has 0 saturated heterocycles. The highest BCUT2D eigenvalue weighted by Crippen LogP contribution is 2.33. The number of anilines is 2. The van der Waals surface area contributed by atoms with Crippen molar-refractivity contribution in [2.75, 3.05) is 24.8 Å². The molecular weight excluding hydrogens is 626 g/mol. The number of ether oxygens (including phenoxy) is 2. The lowest BCUT2D eigenvalue weighted by Gasteiger charge is -2.20. The number of allylic oxidation sites excluding steroid dienone is 2. The van der Waals surface area contributed by atoms with Gasteiger partial charge in [-0.3, -0.25) is 30.9 Å². The van der Waals surface area contributed by atoms with Gasteiger partial charge in [-0.25, -0.2) is 9.97 Å². The Bertz CT molecular complexity index is 2020. The van der Waals surface area contributed by atoms with Crippen LogP contribution in [-0.4, -0.2) is 67.0 Å². The molecule has 2 aromatic carbocycles. The molecule has 3 aromatic heterocycles. The number of nitrogens with one attached hydrogen (secondary N) is 3. The largest absolute Gasteiger partial charge is 0.494 e. The number of hydrogen-bond donors (Lipinski definition) is 5. The minimum Gasteiger partial charge on any atom is -0.494 e. The van der Waals surface area contributed by atoms with Gasteiger partial charge in [0.2, 0.25) is 17.8 Å². The van der Waals surface area contributed by atoms with Crippen molar-refractivity contribution in [3.8, 4) is 11.5 Å². The van der Waals surface area contributed by atoms with Crippen molar-refractivity contribution in [3.05, 3.63) is 65.0 Å². The van der Waals surface area contributed by atoms with E-state index in [1.165, 1.54) is 7.11 Å². The molecule has 0 aliphatic heterocycles. The molecule has 7 N–H and O–H groups in total. The molecule has 2 atom stereocenters. The SMILES string of the molecule is CCn1nc(C)cc1C(=O)Nc1nc2cc(C(N)=O)cc(OC)c2n1C/C=C/Cn1c(NC)nc2cc(C)cc(OC(C)CC(C)NN)c21. The zero-order valence-corrected chi connectivity index (χ0v) is 29.0. The normalized spacial score (nSPS) is 12.9. The second-order valence-electron chi connectivity index (χ2n) is 12.0. The molecule has 49 heavy (non-hydrogen) atoms. The molecular formula is C34H45N11O4. The zero-order valence-electron chi connectivity index (χ0n) is 29.0. The summed E-state index contributed by atoms with van der Waals surface area (Å²) in [6.45, 7) is 11.1. The molecule has 15 heteroatoms. The van der Waals surface area contributed by atoms with Gasteiger partial charge in [-0.1, -0.05) is 12.2 Å². The first-order chi connectivity index (χ1) is 23.5. The highest BCUT2D eigenvalue weighted by atomic mass is 16.5. The van der Waals surface area contributed by atoms with Gasteiger partial charge in [-0.15, -0.1) is 0 Å². The Labute approximate surface area is 284 Å². The van der Waals surface area contributed by atoms with Crippen LogP contribution in [0, 0.1) is 13.8 Å². The van der Waals surface area contributed by atoms with Crippen LogP contribution in [0.5, 0.6) is 11.5 Å². The van der Waals surface area contributed by atoms with Crippen LogP contribution in [0.2, 0.25) is 0 Å². The van der Waals surface area contributed by atoms with Gasteiger partial charge in [0.1, 0.15) is 28.2 Å². The van der Waals surface area contributed by atoms with E-state index in [-0.39, 0.29) is 29.6 Å². The second-order valence-corrected chi connectivity index (χ2v) is 12.0. The predicted molar refractivity (Wildman–Crippen MR) is 190 cm³/mol. The molecule has 0 saturated carbocycles. The summed E-state index contributed by atoms with van der Waals surface area (Å²) in [5.41, 5.74) is 13.5. The number of rotatable bonds is 15. The molecule has 0 aliphatic rings. The fraction of sp³-hybridized carbons (Fsp3) is 0.382. The first-order valence-corrected chi connectivity index (χ1v) is 16.2. The zero-order chi connectivity index (χ0) is 35.4. The van der Waals surface area contributed by atoms with E-state index in [1.54, 1.807) is 22.9 Å². The molecule has 0 bridgehead atoms. The number of fused-ring (bicyclic) bond motifs is 2. The summed E-state index contributed by atoms with van der Waals surface area (Å²) in [5, 5.41) is 10.5. The molecule has 5 rings (SSSR count). The third-order valence-corrected chi connectivity index (χ3v) is 8.19. The second kappa shape index (κ2) is 14.8. The number of hydrazine groups is 1. The number of benzene rings is 2. The van der Waals surface area contributed by atoms with Crippen molar-refractivity contribution in [1.29, 1.82) is 0 Å². The number of hydrogen-bond acceptors (Lipinski definition) is 10. The average molecular weight is 672 g/mol. The first kappa shape index (κ1) is 34.9. The molecule has 15 nitrogen and oxygen atoms in total. The summed E-state index contributed by atoms with van der Waals surface area (Å²) in [4.78, 5) is 35.1. The Morgan fingerprint density at radius 3 is 2.24 bits per heavy atom. The molecule has 260 valence electrons.